The summed E-state index contributed by atoms with van der Waals surface area (Å²) in [6.07, 6.45) is 0. The molecule has 0 saturated heterocycles. The standard InChI is InChI=1S/C13H19NO4/c1-9-4-5-10(6-12(9)18-3)13(16)14-11(7-15)8-17-2/h4-6,11,15H,7-8H2,1-3H3,(H,14,16). The summed E-state index contributed by atoms with van der Waals surface area (Å²) in [7, 11) is 3.08. The van der Waals surface area contributed by atoms with Crippen molar-refractivity contribution in [1.29, 1.82) is 0 Å². The van der Waals surface area contributed by atoms with E-state index in [0.717, 1.165) is 5.56 Å². The largest absolute Gasteiger partial charge is 0.496 e. The van der Waals surface area contributed by atoms with E-state index < -0.39 is 6.04 Å². The average molecular weight is 253 g/mol. The summed E-state index contributed by atoms with van der Waals surface area (Å²) >= 11 is 0. The molecule has 1 aromatic rings. The summed E-state index contributed by atoms with van der Waals surface area (Å²) in [6, 6.07) is 4.80. The maximum atomic E-state index is 11.9. The molecule has 0 bridgehead atoms. The van der Waals surface area contributed by atoms with Crippen LogP contribution in [0.15, 0.2) is 18.2 Å². The lowest BCUT2D eigenvalue weighted by Gasteiger charge is -2.15. The SMILES string of the molecule is COCC(CO)NC(=O)c1ccc(C)c(OC)c1. The van der Waals surface area contributed by atoms with Gasteiger partial charge in [0, 0.05) is 12.7 Å². The normalized spacial score (nSPS) is 12.0. The summed E-state index contributed by atoms with van der Waals surface area (Å²) in [5.41, 5.74) is 1.46. The van der Waals surface area contributed by atoms with Crippen LogP contribution in [0.3, 0.4) is 0 Å². The minimum absolute atomic E-state index is 0.164. The fourth-order valence-corrected chi connectivity index (χ4v) is 1.57. The van der Waals surface area contributed by atoms with E-state index in [-0.39, 0.29) is 19.1 Å². The van der Waals surface area contributed by atoms with Gasteiger partial charge in [-0.1, -0.05) is 6.07 Å². The molecule has 0 saturated carbocycles. The van der Waals surface area contributed by atoms with Crippen LogP contribution in [0.25, 0.3) is 0 Å². The molecule has 5 heteroatoms. The van der Waals surface area contributed by atoms with Crippen molar-refractivity contribution in [2.45, 2.75) is 13.0 Å². The smallest absolute Gasteiger partial charge is 0.251 e. The lowest BCUT2D eigenvalue weighted by Crippen LogP contribution is -2.40. The molecule has 2 N–H and O–H groups in total. The van der Waals surface area contributed by atoms with Crippen LogP contribution in [0.1, 0.15) is 15.9 Å². The Bertz CT molecular complexity index is 406. The Hall–Kier alpha value is -1.59. The first-order valence-electron chi connectivity index (χ1n) is 5.67. The molecule has 1 atom stereocenters. The second-order valence-electron chi connectivity index (χ2n) is 3.99. The lowest BCUT2D eigenvalue weighted by molar-refractivity contribution is 0.0839. The van der Waals surface area contributed by atoms with E-state index in [9.17, 15) is 4.79 Å². The number of ether oxygens (including phenoxy) is 2. The molecule has 0 aromatic heterocycles. The third kappa shape index (κ3) is 3.72. The Balaban J connectivity index is 2.77. The first kappa shape index (κ1) is 14.5. The van der Waals surface area contributed by atoms with E-state index in [1.807, 2.05) is 13.0 Å². The molecule has 0 aliphatic carbocycles. The molecular formula is C13H19NO4. The highest BCUT2D eigenvalue weighted by atomic mass is 16.5. The first-order chi connectivity index (χ1) is 8.62. The van der Waals surface area contributed by atoms with Crippen LogP contribution in [0.2, 0.25) is 0 Å². The lowest BCUT2D eigenvalue weighted by atomic mass is 10.1. The van der Waals surface area contributed by atoms with Crippen molar-refractivity contribution >= 4 is 5.91 Å². The van der Waals surface area contributed by atoms with Gasteiger partial charge in [0.05, 0.1) is 26.4 Å². The van der Waals surface area contributed by atoms with E-state index in [1.165, 1.54) is 7.11 Å². The maximum Gasteiger partial charge on any atom is 0.251 e. The van der Waals surface area contributed by atoms with Gasteiger partial charge in [-0.2, -0.15) is 0 Å². The number of hydrogen-bond donors (Lipinski definition) is 2. The Morgan fingerprint density at radius 3 is 2.72 bits per heavy atom. The van der Waals surface area contributed by atoms with Crippen LogP contribution in [-0.2, 0) is 4.74 Å². The minimum Gasteiger partial charge on any atom is -0.496 e. The molecule has 100 valence electrons. The van der Waals surface area contributed by atoms with Gasteiger partial charge in [0.2, 0.25) is 0 Å². The molecule has 0 spiro atoms. The number of hydrogen-bond acceptors (Lipinski definition) is 4. The molecular weight excluding hydrogens is 234 g/mol. The van der Waals surface area contributed by atoms with Gasteiger partial charge in [0.15, 0.2) is 0 Å². The summed E-state index contributed by atoms with van der Waals surface area (Å²) in [4.78, 5) is 11.9. The van der Waals surface area contributed by atoms with Crippen LogP contribution >= 0.6 is 0 Å². The highest BCUT2D eigenvalue weighted by Gasteiger charge is 2.13. The highest BCUT2D eigenvalue weighted by Crippen LogP contribution is 2.18. The van der Waals surface area contributed by atoms with Crippen molar-refractivity contribution in [2.24, 2.45) is 0 Å². The fourth-order valence-electron chi connectivity index (χ4n) is 1.57. The number of aliphatic hydroxyl groups is 1. The number of nitrogens with one attached hydrogen (secondary N) is 1. The topological polar surface area (TPSA) is 67.8 Å². The third-order valence-corrected chi connectivity index (χ3v) is 2.59. The minimum atomic E-state index is -0.408. The second kappa shape index (κ2) is 6.98. The Kier molecular flexibility index (Phi) is 5.61. The van der Waals surface area contributed by atoms with Gasteiger partial charge in [-0.15, -0.1) is 0 Å². The number of aliphatic hydroxyl groups excluding tert-OH is 1. The monoisotopic (exact) mass is 253 g/mol. The van der Waals surface area contributed by atoms with Gasteiger partial charge in [-0.25, -0.2) is 0 Å². The summed E-state index contributed by atoms with van der Waals surface area (Å²) < 4.78 is 10.1. The molecule has 0 fully saturated rings. The van der Waals surface area contributed by atoms with Crippen LogP contribution in [0.5, 0.6) is 5.75 Å². The number of benzene rings is 1. The zero-order valence-electron chi connectivity index (χ0n) is 10.9. The van der Waals surface area contributed by atoms with Crippen LogP contribution in [0.4, 0.5) is 0 Å². The number of rotatable bonds is 6. The van der Waals surface area contributed by atoms with Crippen molar-refractivity contribution in [3.05, 3.63) is 29.3 Å². The molecule has 1 unspecified atom stereocenters. The van der Waals surface area contributed by atoms with Gasteiger partial charge in [-0.3, -0.25) is 4.79 Å². The predicted octanol–water partition coefficient (Wildman–Crippen LogP) is 0.741. The summed E-state index contributed by atoms with van der Waals surface area (Å²) in [5, 5.41) is 11.8. The van der Waals surface area contributed by atoms with E-state index in [4.69, 9.17) is 14.6 Å². The second-order valence-corrected chi connectivity index (χ2v) is 3.99. The highest BCUT2D eigenvalue weighted by molar-refractivity contribution is 5.94. The molecule has 5 nitrogen and oxygen atoms in total. The van der Waals surface area contributed by atoms with Crippen molar-refractivity contribution in [3.8, 4) is 5.75 Å². The van der Waals surface area contributed by atoms with Crippen molar-refractivity contribution in [2.75, 3.05) is 27.4 Å². The number of methoxy groups -OCH3 is 2. The summed E-state index contributed by atoms with van der Waals surface area (Å²) in [6.45, 7) is 2.01. The summed E-state index contributed by atoms with van der Waals surface area (Å²) in [5.74, 6) is 0.402. The molecule has 1 amide bonds. The van der Waals surface area contributed by atoms with Gasteiger partial charge in [0.25, 0.3) is 5.91 Å². The predicted molar refractivity (Wildman–Crippen MR) is 67.9 cm³/mol. The molecule has 18 heavy (non-hydrogen) atoms. The van der Waals surface area contributed by atoms with Crippen LogP contribution in [0, 0.1) is 6.92 Å². The van der Waals surface area contributed by atoms with Gasteiger partial charge in [-0.05, 0) is 24.6 Å². The third-order valence-electron chi connectivity index (χ3n) is 2.59. The van der Waals surface area contributed by atoms with E-state index in [0.29, 0.717) is 11.3 Å². The van der Waals surface area contributed by atoms with E-state index in [1.54, 1.807) is 19.2 Å². The zero-order chi connectivity index (χ0) is 13.5. The van der Waals surface area contributed by atoms with Crippen LogP contribution < -0.4 is 10.1 Å². The molecule has 1 aromatic carbocycles. The first-order valence-corrected chi connectivity index (χ1v) is 5.67. The zero-order valence-corrected chi connectivity index (χ0v) is 10.9. The van der Waals surface area contributed by atoms with Crippen molar-refractivity contribution < 1.29 is 19.4 Å². The van der Waals surface area contributed by atoms with E-state index in [2.05, 4.69) is 5.32 Å². The molecule has 1 rings (SSSR count). The van der Waals surface area contributed by atoms with Crippen molar-refractivity contribution in [3.63, 3.8) is 0 Å². The number of carbonyl (C=O) groups is 1. The maximum absolute atomic E-state index is 11.9. The number of carbonyl (C=O) groups excluding carboxylic acids is 1. The molecule has 0 aliphatic heterocycles. The molecule has 0 heterocycles. The quantitative estimate of drug-likeness (QED) is 0.784. The Labute approximate surface area is 107 Å². The van der Waals surface area contributed by atoms with E-state index >= 15 is 0 Å². The van der Waals surface area contributed by atoms with Gasteiger partial charge >= 0.3 is 0 Å². The number of amides is 1. The Morgan fingerprint density at radius 1 is 1.44 bits per heavy atom. The fraction of sp³-hybridized carbons (Fsp3) is 0.462. The molecule has 0 radical (unpaired) electrons. The number of aryl methyl sites for hydroxylation is 1. The average Bonchev–Trinajstić information content (AvgIpc) is 2.38. The van der Waals surface area contributed by atoms with Gasteiger partial charge < -0.3 is 19.9 Å². The molecule has 0 aliphatic rings. The van der Waals surface area contributed by atoms with Gasteiger partial charge in [0.1, 0.15) is 5.75 Å². The Morgan fingerprint density at radius 2 is 2.17 bits per heavy atom. The van der Waals surface area contributed by atoms with Crippen molar-refractivity contribution in [1.82, 2.24) is 5.32 Å². The van der Waals surface area contributed by atoms with Crippen LogP contribution in [-0.4, -0.2) is 44.5 Å².